The van der Waals surface area contributed by atoms with Gasteiger partial charge in [0.15, 0.2) is 0 Å². The topological polar surface area (TPSA) is 112 Å². The number of benzene rings is 1. The summed E-state index contributed by atoms with van der Waals surface area (Å²) in [5, 5.41) is 24.4. The number of allylic oxidation sites excluding steroid dienone is 2. The molecule has 0 fully saturated rings. The average Bonchev–Trinajstić information content (AvgIpc) is 2.51. The van der Waals surface area contributed by atoms with Crippen LogP contribution in [-0.2, 0) is 14.4 Å². The SMILES string of the molecule is CCC(=CC=Cc1ccccc1)C(=O)O.O=C(O)/C=C\C(=O)O. The molecule has 3 N–H and O–H groups in total. The normalized spacial score (nSPS) is 11.1. The summed E-state index contributed by atoms with van der Waals surface area (Å²) in [6.07, 6.45) is 6.94. The van der Waals surface area contributed by atoms with Crippen molar-refractivity contribution in [2.45, 2.75) is 13.3 Å². The van der Waals surface area contributed by atoms with E-state index in [0.717, 1.165) is 5.56 Å². The smallest absolute Gasteiger partial charge is 0.331 e. The van der Waals surface area contributed by atoms with Gasteiger partial charge in [0.25, 0.3) is 0 Å². The molecule has 23 heavy (non-hydrogen) atoms. The molecule has 0 aliphatic heterocycles. The molecule has 0 heterocycles. The maximum absolute atomic E-state index is 10.7. The largest absolute Gasteiger partial charge is 0.478 e. The van der Waals surface area contributed by atoms with E-state index in [1.54, 1.807) is 12.2 Å². The van der Waals surface area contributed by atoms with Gasteiger partial charge in [-0.2, -0.15) is 0 Å². The second kappa shape index (κ2) is 11.5. The van der Waals surface area contributed by atoms with Gasteiger partial charge in [0.1, 0.15) is 0 Å². The number of rotatable bonds is 6. The highest BCUT2D eigenvalue weighted by atomic mass is 16.4. The maximum Gasteiger partial charge on any atom is 0.331 e. The standard InChI is InChI=1S/C13H14O2.C4H4O4/c1-2-12(13(14)15)10-6-9-11-7-4-3-5-8-11;5-3(6)1-2-4(7)8/h3-10H,2H2,1H3,(H,14,15);1-2H,(H,5,6)(H,7,8)/b;2-1-. The first-order valence-corrected chi connectivity index (χ1v) is 6.66. The Morgan fingerprint density at radius 1 is 0.957 bits per heavy atom. The summed E-state index contributed by atoms with van der Waals surface area (Å²) < 4.78 is 0. The zero-order valence-electron chi connectivity index (χ0n) is 12.5. The van der Waals surface area contributed by atoms with E-state index in [2.05, 4.69) is 0 Å². The lowest BCUT2D eigenvalue weighted by atomic mass is 10.1. The van der Waals surface area contributed by atoms with Crippen molar-refractivity contribution in [2.24, 2.45) is 0 Å². The fourth-order valence-corrected chi connectivity index (χ4v) is 1.32. The quantitative estimate of drug-likeness (QED) is 0.549. The molecule has 0 saturated heterocycles. The second-order valence-corrected chi connectivity index (χ2v) is 4.13. The van der Waals surface area contributed by atoms with Gasteiger partial charge in [-0.05, 0) is 12.0 Å². The van der Waals surface area contributed by atoms with Gasteiger partial charge in [-0.15, -0.1) is 0 Å². The molecule has 6 nitrogen and oxygen atoms in total. The van der Waals surface area contributed by atoms with Gasteiger partial charge in [-0.3, -0.25) is 0 Å². The van der Waals surface area contributed by atoms with Crippen LogP contribution in [0.4, 0.5) is 0 Å². The first-order chi connectivity index (χ1) is 10.9. The summed E-state index contributed by atoms with van der Waals surface area (Å²) in [5.41, 5.74) is 1.48. The number of carbonyl (C=O) groups is 3. The van der Waals surface area contributed by atoms with Gasteiger partial charge in [0, 0.05) is 17.7 Å². The van der Waals surface area contributed by atoms with Gasteiger partial charge in [-0.1, -0.05) is 55.5 Å². The molecule has 6 heteroatoms. The average molecular weight is 318 g/mol. The van der Waals surface area contributed by atoms with Crippen molar-refractivity contribution < 1.29 is 29.7 Å². The van der Waals surface area contributed by atoms with E-state index in [4.69, 9.17) is 15.3 Å². The van der Waals surface area contributed by atoms with Crippen molar-refractivity contribution in [3.63, 3.8) is 0 Å². The van der Waals surface area contributed by atoms with Crippen molar-refractivity contribution in [3.8, 4) is 0 Å². The van der Waals surface area contributed by atoms with E-state index in [-0.39, 0.29) is 0 Å². The van der Waals surface area contributed by atoms with E-state index >= 15 is 0 Å². The van der Waals surface area contributed by atoms with Crippen LogP contribution in [0.1, 0.15) is 18.9 Å². The highest BCUT2D eigenvalue weighted by molar-refractivity contribution is 5.89. The van der Waals surface area contributed by atoms with Crippen LogP contribution in [0, 0.1) is 0 Å². The van der Waals surface area contributed by atoms with Crippen LogP contribution in [0.25, 0.3) is 6.08 Å². The molecule has 0 radical (unpaired) electrons. The molecular weight excluding hydrogens is 300 g/mol. The second-order valence-electron chi connectivity index (χ2n) is 4.13. The molecule has 0 bridgehead atoms. The molecule has 1 aromatic rings. The molecule has 0 amide bonds. The first kappa shape index (κ1) is 19.9. The summed E-state index contributed by atoms with van der Waals surface area (Å²) in [7, 11) is 0. The fraction of sp³-hybridized carbons (Fsp3) is 0.118. The molecule has 0 aliphatic rings. The molecule has 1 aromatic carbocycles. The van der Waals surface area contributed by atoms with Crippen molar-refractivity contribution in [3.05, 3.63) is 65.8 Å². The van der Waals surface area contributed by atoms with Crippen molar-refractivity contribution >= 4 is 24.0 Å². The molecule has 1 rings (SSSR count). The van der Waals surface area contributed by atoms with Crippen LogP contribution < -0.4 is 0 Å². The van der Waals surface area contributed by atoms with Crippen molar-refractivity contribution in [2.75, 3.05) is 0 Å². The number of aliphatic carboxylic acids is 3. The number of carboxylic acids is 3. The maximum atomic E-state index is 10.7. The Labute approximate surface area is 133 Å². The Balaban J connectivity index is 0.000000515. The Hall–Kier alpha value is -3.15. The zero-order valence-corrected chi connectivity index (χ0v) is 12.5. The van der Waals surface area contributed by atoms with E-state index in [0.29, 0.717) is 24.1 Å². The minimum absolute atomic E-state index is 0.419. The van der Waals surface area contributed by atoms with E-state index in [1.165, 1.54) is 0 Å². The van der Waals surface area contributed by atoms with Crippen LogP contribution in [0.3, 0.4) is 0 Å². The third-order valence-electron chi connectivity index (χ3n) is 2.41. The molecular formula is C17H18O6. The summed E-state index contributed by atoms with van der Waals surface area (Å²) in [6, 6.07) is 9.78. The van der Waals surface area contributed by atoms with E-state index in [9.17, 15) is 14.4 Å². The van der Waals surface area contributed by atoms with Gasteiger partial charge in [-0.25, -0.2) is 14.4 Å². The molecule has 0 aliphatic carbocycles. The number of hydrogen-bond acceptors (Lipinski definition) is 3. The predicted molar refractivity (Wildman–Crippen MR) is 85.9 cm³/mol. The lowest BCUT2D eigenvalue weighted by molar-refractivity contribution is -0.134. The minimum atomic E-state index is -1.26. The molecule has 0 atom stereocenters. The van der Waals surface area contributed by atoms with Crippen LogP contribution in [0.2, 0.25) is 0 Å². The highest BCUT2D eigenvalue weighted by Crippen LogP contribution is 2.04. The molecule has 0 aromatic heterocycles. The lowest BCUT2D eigenvalue weighted by Gasteiger charge is -1.94. The van der Waals surface area contributed by atoms with Crippen molar-refractivity contribution in [1.82, 2.24) is 0 Å². The third-order valence-corrected chi connectivity index (χ3v) is 2.41. The zero-order chi connectivity index (χ0) is 17.7. The molecule has 0 saturated carbocycles. The Morgan fingerprint density at radius 2 is 1.48 bits per heavy atom. The van der Waals surface area contributed by atoms with Gasteiger partial charge < -0.3 is 15.3 Å². The molecule has 0 spiro atoms. The van der Waals surface area contributed by atoms with Crippen molar-refractivity contribution in [1.29, 1.82) is 0 Å². The van der Waals surface area contributed by atoms with Crippen LogP contribution in [0.5, 0.6) is 0 Å². The summed E-state index contributed by atoms with van der Waals surface area (Å²) in [6.45, 7) is 1.83. The lowest BCUT2D eigenvalue weighted by Crippen LogP contribution is -1.97. The first-order valence-electron chi connectivity index (χ1n) is 6.66. The number of hydrogen-bond donors (Lipinski definition) is 3. The third kappa shape index (κ3) is 11.2. The van der Waals surface area contributed by atoms with Crippen LogP contribution in [0.15, 0.2) is 60.2 Å². The highest BCUT2D eigenvalue weighted by Gasteiger charge is 2.00. The fourth-order valence-electron chi connectivity index (χ4n) is 1.32. The predicted octanol–water partition coefficient (Wildman–Crippen LogP) is 2.83. The Kier molecular flexibility index (Phi) is 9.93. The monoisotopic (exact) mass is 318 g/mol. The van der Waals surface area contributed by atoms with Gasteiger partial charge in [0.2, 0.25) is 0 Å². The van der Waals surface area contributed by atoms with E-state index in [1.807, 2.05) is 43.3 Å². The summed E-state index contributed by atoms with van der Waals surface area (Å²) >= 11 is 0. The molecule has 122 valence electrons. The van der Waals surface area contributed by atoms with Crippen LogP contribution in [-0.4, -0.2) is 33.2 Å². The Bertz CT molecular complexity index is 595. The summed E-state index contributed by atoms with van der Waals surface area (Å²) in [4.78, 5) is 29.8. The summed E-state index contributed by atoms with van der Waals surface area (Å²) in [5.74, 6) is -3.37. The number of carboxylic acid groups (broad SMARTS) is 3. The van der Waals surface area contributed by atoms with E-state index < -0.39 is 17.9 Å². The molecule has 0 unspecified atom stereocenters. The van der Waals surface area contributed by atoms with Gasteiger partial charge >= 0.3 is 17.9 Å². The Morgan fingerprint density at radius 3 is 1.87 bits per heavy atom. The van der Waals surface area contributed by atoms with Crippen LogP contribution >= 0.6 is 0 Å². The minimum Gasteiger partial charge on any atom is -0.478 e. The van der Waals surface area contributed by atoms with Gasteiger partial charge in [0.05, 0.1) is 0 Å².